The molecule has 3 aromatic carbocycles. The molecule has 3 atom stereocenters. The average molecular weight is 459 g/mol. The molecule has 1 amide bonds. The van der Waals surface area contributed by atoms with Gasteiger partial charge >= 0.3 is 5.97 Å². The number of carboxylic acid groups (broad SMARTS) is 1. The van der Waals surface area contributed by atoms with E-state index >= 15 is 0 Å². The molecule has 1 aromatic heterocycles. The zero-order chi connectivity index (χ0) is 24.1. The number of fused-ring (bicyclic) bond motifs is 2. The second-order valence-corrected chi connectivity index (χ2v) is 8.76. The van der Waals surface area contributed by atoms with Gasteiger partial charge in [0, 0.05) is 23.5 Å². The largest absolute Gasteiger partial charge is 0.480 e. The Morgan fingerprint density at radius 2 is 1.74 bits per heavy atom. The van der Waals surface area contributed by atoms with Crippen LogP contribution in [0, 0.1) is 0 Å². The Balaban J connectivity index is 1.61. The van der Waals surface area contributed by atoms with E-state index in [2.05, 4.69) is 10.3 Å². The summed E-state index contributed by atoms with van der Waals surface area (Å²) in [5, 5.41) is 26.5. The van der Waals surface area contributed by atoms with E-state index < -0.39 is 29.9 Å². The van der Waals surface area contributed by atoms with Gasteiger partial charge in [-0.2, -0.15) is 0 Å². The van der Waals surface area contributed by atoms with E-state index in [1.165, 1.54) is 0 Å². The van der Waals surface area contributed by atoms with Gasteiger partial charge in [-0.25, -0.2) is 4.79 Å². The van der Waals surface area contributed by atoms with Crippen LogP contribution in [-0.2, 0) is 16.0 Å². The number of aromatic nitrogens is 1. The molecular weight excluding hydrogens is 428 g/mol. The normalized spacial score (nSPS) is 14.1. The second kappa shape index (κ2) is 10.5. The molecule has 6 nitrogen and oxygen atoms in total. The number of benzene rings is 3. The third-order valence-electron chi connectivity index (χ3n) is 6.37. The van der Waals surface area contributed by atoms with Crippen molar-refractivity contribution in [1.82, 2.24) is 10.3 Å². The molecule has 0 spiro atoms. The lowest BCUT2D eigenvalue weighted by Gasteiger charge is -2.25. The first-order valence-electron chi connectivity index (χ1n) is 11.7. The fourth-order valence-electron chi connectivity index (χ4n) is 4.51. The number of para-hydroxylation sites is 1. The molecule has 2 unspecified atom stereocenters. The van der Waals surface area contributed by atoms with E-state index in [0.717, 1.165) is 40.1 Å². The van der Waals surface area contributed by atoms with E-state index in [1.54, 1.807) is 6.20 Å². The van der Waals surface area contributed by atoms with Gasteiger partial charge in [0.15, 0.2) is 0 Å². The predicted molar refractivity (Wildman–Crippen MR) is 134 cm³/mol. The van der Waals surface area contributed by atoms with Crippen LogP contribution < -0.4 is 5.32 Å². The maximum absolute atomic E-state index is 13.4. The van der Waals surface area contributed by atoms with Crippen molar-refractivity contribution in [3.8, 4) is 0 Å². The van der Waals surface area contributed by atoms with Crippen LogP contribution >= 0.6 is 0 Å². The highest BCUT2D eigenvalue weighted by Gasteiger charge is 2.32. The monoisotopic (exact) mass is 458 g/mol. The molecular formula is C28H30N2O4. The van der Waals surface area contributed by atoms with Crippen LogP contribution in [0.1, 0.15) is 43.2 Å². The molecule has 0 bridgehead atoms. The summed E-state index contributed by atoms with van der Waals surface area (Å²) in [6.07, 6.45) is 3.13. The lowest BCUT2D eigenvalue weighted by atomic mass is 9.88. The number of unbranched alkanes of at least 4 members (excludes halogenated alkanes) is 1. The molecule has 0 saturated carbocycles. The number of aromatic amines is 1. The number of aliphatic carboxylic acids is 1. The number of carbonyl (C=O) groups excluding carboxylic acids is 1. The van der Waals surface area contributed by atoms with E-state index in [0.29, 0.717) is 12.0 Å². The highest BCUT2D eigenvalue weighted by Crippen LogP contribution is 2.28. The summed E-state index contributed by atoms with van der Waals surface area (Å²) in [6.45, 7) is 2.03. The molecule has 1 heterocycles. The molecule has 4 aromatic rings. The Morgan fingerprint density at radius 3 is 2.50 bits per heavy atom. The van der Waals surface area contributed by atoms with Crippen LogP contribution in [-0.4, -0.2) is 39.2 Å². The van der Waals surface area contributed by atoms with Gasteiger partial charge in [0.25, 0.3) is 0 Å². The SMILES string of the molecule is CCCCC(O)C(C(=O)N[C@@H](Cc1c[nH]c2ccccc12)C(=O)O)c1ccc2ccccc2c1. The molecule has 34 heavy (non-hydrogen) atoms. The molecule has 0 aliphatic carbocycles. The van der Waals surface area contributed by atoms with Gasteiger partial charge < -0.3 is 20.5 Å². The van der Waals surface area contributed by atoms with E-state index in [9.17, 15) is 19.8 Å². The number of hydrogen-bond donors (Lipinski definition) is 4. The van der Waals surface area contributed by atoms with Gasteiger partial charge in [0.2, 0.25) is 5.91 Å². The van der Waals surface area contributed by atoms with E-state index in [-0.39, 0.29) is 6.42 Å². The summed E-state index contributed by atoms with van der Waals surface area (Å²) in [4.78, 5) is 28.7. The first-order chi connectivity index (χ1) is 16.5. The third kappa shape index (κ3) is 5.13. The fourth-order valence-corrected chi connectivity index (χ4v) is 4.51. The first kappa shape index (κ1) is 23.5. The number of aliphatic hydroxyl groups excluding tert-OH is 1. The van der Waals surface area contributed by atoms with Crippen LogP contribution in [0.2, 0.25) is 0 Å². The van der Waals surface area contributed by atoms with Crippen molar-refractivity contribution >= 4 is 33.6 Å². The number of amides is 1. The summed E-state index contributed by atoms with van der Waals surface area (Å²) >= 11 is 0. The van der Waals surface area contributed by atoms with Gasteiger partial charge in [0.05, 0.1) is 12.0 Å². The number of carbonyl (C=O) groups is 2. The number of aliphatic hydroxyl groups is 1. The first-order valence-corrected chi connectivity index (χ1v) is 11.7. The molecule has 176 valence electrons. The van der Waals surface area contributed by atoms with Crippen molar-refractivity contribution in [3.05, 3.63) is 84.1 Å². The van der Waals surface area contributed by atoms with Crippen molar-refractivity contribution in [1.29, 1.82) is 0 Å². The summed E-state index contributed by atoms with van der Waals surface area (Å²) in [6, 6.07) is 20.0. The Labute approximate surface area is 198 Å². The minimum absolute atomic E-state index is 0.139. The highest BCUT2D eigenvalue weighted by molar-refractivity contribution is 5.91. The minimum Gasteiger partial charge on any atom is -0.480 e. The van der Waals surface area contributed by atoms with Crippen molar-refractivity contribution in [2.24, 2.45) is 0 Å². The van der Waals surface area contributed by atoms with Crippen molar-refractivity contribution in [3.63, 3.8) is 0 Å². The number of nitrogens with one attached hydrogen (secondary N) is 2. The van der Waals surface area contributed by atoms with Crippen LogP contribution in [0.4, 0.5) is 0 Å². The van der Waals surface area contributed by atoms with Crippen molar-refractivity contribution < 1.29 is 19.8 Å². The Hall–Kier alpha value is -3.64. The minimum atomic E-state index is -1.12. The number of rotatable bonds is 10. The summed E-state index contributed by atoms with van der Waals surface area (Å²) in [5.74, 6) is -2.45. The van der Waals surface area contributed by atoms with Crippen LogP contribution in [0.15, 0.2) is 72.9 Å². The quantitative estimate of drug-likeness (QED) is 0.275. The summed E-state index contributed by atoms with van der Waals surface area (Å²) in [5.41, 5.74) is 2.41. The van der Waals surface area contributed by atoms with Crippen LogP contribution in [0.3, 0.4) is 0 Å². The molecule has 0 fully saturated rings. The van der Waals surface area contributed by atoms with Crippen LogP contribution in [0.25, 0.3) is 21.7 Å². The average Bonchev–Trinajstić information content (AvgIpc) is 3.25. The topological polar surface area (TPSA) is 102 Å². The number of carboxylic acids is 1. The number of hydrogen-bond acceptors (Lipinski definition) is 3. The molecule has 4 rings (SSSR count). The van der Waals surface area contributed by atoms with Gasteiger partial charge in [-0.05, 0) is 34.4 Å². The smallest absolute Gasteiger partial charge is 0.326 e. The van der Waals surface area contributed by atoms with Crippen molar-refractivity contribution in [2.75, 3.05) is 0 Å². The predicted octanol–water partition coefficient (Wildman–Crippen LogP) is 4.77. The summed E-state index contributed by atoms with van der Waals surface area (Å²) in [7, 11) is 0. The molecule has 4 N–H and O–H groups in total. The van der Waals surface area contributed by atoms with Gasteiger partial charge in [0.1, 0.15) is 6.04 Å². The second-order valence-electron chi connectivity index (χ2n) is 8.76. The molecule has 0 aliphatic heterocycles. The Morgan fingerprint density at radius 1 is 1.00 bits per heavy atom. The van der Waals surface area contributed by atoms with Gasteiger partial charge in [-0.15, -0.1) is 0 Å². The van der Waals surface area contributed by atoms with Gasteiger partial charge in [-0.1, -0.05) is 80.4 Å². The third-order valence-corrected chi connectivity index (χ3v) is 6.37. The molecule has 6 heteroatoms. The zero-order valence-corrected chi connectivity index (χ0v) is 19.2. The fraction of sp³-hybridized carbons (Fsp3) is 0.286. The summed E-state index contributed by atoms with van der Waals surface area (Å²) < 4.78 is 0. The van der Waals surface area contributed by atoms with E-state index in [4.69, 9.17) is 0 Å². The maximum Gasteiger partial charge on any atom is 0.326 e. The van der Waals surface area contributed by atoms with E-state index in [1.807, 2.05) is 73.7 Å². The van der Waals surface area contributed by atoms with Crippen LogP contribution in [0.5, 0.6) is 0 Å². The van der Waals surface area contributed by atoms with Crippen molar-refractivity contribution in [2.45, 2.75) is 50.7 Å². The maximum atomic E-state index is 13.4. The molecule has 0 aliphatic rings. The zero-order valence-electron chi connectivity index (χ0n) is 19.2. The highest BCUT2D eigenvalue weighted by atomic mass is 16.4. The van der Waals surface area contributed by atoms with Gasteiger partial charge in [-0.3, -0.25) is 4.79 Å². The molecule has 0 radical (unpaired) electrons. The lowest BCUT2D eigenvalue weighted by molar-refractivity contribution is -0.142. The standard InChI is InChI=1S/C28H30N2O4/c1-2-3-12-25(31)26(20-14-13-18-8-4-5-9-19(18)15-20)27(32)30-24(28(33)34)16-21-17-29-23-11-7-6-10-22(21)23/h4-11,13-15,17,24-26,29,31H,2-3,12,16H2,1H3,(H,30,32)(H,33,34)/t24-,25?,26?/m0/s1. The Kier molecular flexibility index (Phi) is 7.28. The lowest BCUT2D eigenvalue weighted by Crippen LogP contribution is -2.46. The number of H-pyrrole nitrogens is 1. The molecule has 0 saturated heterocycles. The Bertz CT molecular complexity index is 1300.